The topological polar surface area (TPSA) is 36.9 Å². The van der Waals surface area contributed by atoms with Gasteiger partial charge in [-0.2, -0.15) is 0 Å². The molecule has 0 rings (SSSR count). The van der Waals surface area contributed by atoms with E-state index < -0.39 is 19.1 Å². The molecule has 0 unspecified atom stereocenters. The Morgan fingerprint density at radius 2 is 1.33 bits per heavy atom. The van der Waals surface area contributed by atoms with Gasteiger partial charge in [0.1, 0.15) is 0 Å². The van der Waals surface area contributed by atoms with Crippen molar-refractivity contribution in [2.75, 3.05) is 53.4 Å². The fraction of sp³-hybridized carbons (Fsp3) is 0.800. The maximum Gasteiger partial charge on any atom is 0.507 e. The van der Waals surface area contributed by atoms with Gasteiger partial charge < -0.3 is 31.9 Å². The Bertz CT molecular complexity index is 224. The summed E-state index contributed by atoms with van der Waals surface area (Å²) < 4.78 is 55.9. The van der Waals surface area contributed by atoms with Crippen LogP contribution in [-0.4, -0.2) is 60.3 Å². The van der Waals surface area contributed by atoms with Crippen molar-refractivity contribution < 1.29 is 31.9 Å². The van der Waals surface area contributed by atoms with Gasteiger partial charge in [-0.05, 0) is 0 Å². The van der Waals surface area contributed by atoms with Crippen LogP contribution in [0.5, 0.6) is 0 Å². The van der Waals surface area contributed by atoms with Crippen LogP contribution in [0, 0.1) is 0 Å². The number of hydrogen-bond acceptors (Lipinski definition) is 4. The van der Waals surface area contributed by atoms with E-state index >= 15 is 0 Å². The summed E-state index contributed by atoms with van der Waals surface area (Å²) in [6.07, 6.45) is 0. The summed E-state index contributed by atoms with van der Waals surface area (Å²) in [4.78, 5) is 0. The molecule has 0 radical (unpaired) electrons. The number of methoxy groups -OCH3 is 1. The summed E-state index contributed by atoms with van der Waals surface area (Å²) in [6, 6.07) is 0. The lowest BCUT2D eigenvalue weighted by Gasteiger charge is -2.17. The summed E-state index contributed by atoms with van der Waals surface area (Å²) in [7, 11) is 1.58. The molecule has 0 heterocycles. The monoisotopic (exact) mass is 271 g/mol. The van der Waals surface area contributed by atoms with Crippen LogP contribution in [0.3, 0.4) is 0 Å². The van der Waals surface area contributed by atoms with Gasteiger partial charge >= 0.3 is 6.98 Å². The van der Waals surface area contributed by atoms with E-state index in [1.165, 1.54) is 0 Å². The van der Waals surface area contributed by atoms with Crippen LogP contribution in [-0.2, 0) is 18.9 Å². The molecule has 0 aliphatic heterocycles. The van der Waals surface area contributed by atoms with Crippen molar-refractivity contribution in [3.8, 4) is 0 Å². The van der Waals surface area contributed by atoms with Crippen molar-refractivity contribution >= 4 is 6.98 Å². The van der Waals surface area contributed by atoms with Gasteiger partial charge in [0.2, 0.25) is 0 Å². The molecule has 18 heavy (non-hydrogen) atoms. The van der Waals surface area contributed by atoms with E-state index in [-0.39, 0.29) is 13.2 Å². The van der Waals surface area contributed by atoms with E-state index in [4.69, 9.17) is 18.9 Å². The van der Waals surface area contributed by atoms with Gasteiger partial charge in [-0.15, -0.1) is 12.1 Å². The largest absolute Gasteiger partial charge is 0.507 e. The minimum Gasteiger partial charge on any atom is -0.445 e. The second kappa shape index (κ2) is 10.4. The number of halogens is 3. The van der Waals surface area contributed by atoms with Crippen LogP contribution in [0.25, 0.3) is 0 Å². The lowest BCUT2D eigenvalue weighted by molar-refractivity contribution is 0.00658. The van der Waals surface area contributed by atoms with E-state index in [9.17, 15) is 12.9 Å². The standard InChI is InChI=1S/C10H19BF3O4/c1-10(11(12,13)14)9-18-8-7-17-6-5-16-4-3-15-2/h1,3-9H2,2H3/q-1. The molecule has 0 bridgehead atoms. The van der Waals surface area contributed by atoms with E-state index in [1.54, 1.807) is 7.11 Å². The molecular weight excluding hydrogens is 252 g/mol. The van der Waals surface area contributed by atoms with Crippen molar-refractivity contribution in [1.29, 1.82) is 0 Å². The highest BCUT2D eigenvalue weighted by molar-refractivity contribution is 6.66. The van der Waals surface area contributed by atoms with Gasteiger partial charge in [-0.1, -0.05) is 0 Å². The zero-order valence-electron chi connectivity index (χ0n) is 10.5. The Labute approximate surface area is 105 Å². The van der Waals surface area contributed by atoms with Crippen LogP contribution in [0.4, 0.5) is 12.9 Å². The molecule has 0 saturated carbocycles. The van der Waals surface area contributed by atoms with Crippen LogP contribution >= 0.6 is 0 Å². The SMILES string of the molecule is C=C(COCCOCCOCCOC)[B-](F)(F)F. The predicted molar refractivity (Wildman–Crippen MR) is 62.6 cm³/mol. The maximum atomic E-state index is 12.1. The molecule has 0 saturated heterocycles. The summed E-state index contributed by atoms with van der Waals surface area (Å²) >= 11 is 0. The summed E-state index contributed by atoms with van der Waals surface area (Å²) in [5.74, 6) is 0. The average molecular weight is 271 g/mol. The molecule has 0 N–H and O–H groups in total. The van der Waals surface area contributed by atoms with Crippen molar-refractivity contribution in [3.05, 3.63) is 12.1 Å². The van der Waals surface area contributed by atoms with E-state index in [2.05, 4.69) is 6.58 Å². The predicted octanol–water partition coefficient (Wildman–Crippen LogP) is 1.63. The first-order valence-corrected chi connectivity index (χ1v) is 5.58. The third-order valence-electron chi connectivity index (χ3n) is 1.93. The van der Waals surface area contributed by atoms with Crippen molar-refractivity contribution in [3.63, 3.8) is 0 Å². The van der Waals surface area contributed by atoms with Crippen molar-refractivity contribution in [2.45, 2.75) is 0 Å². The van der Waals surface area contributed by atoms with E-state index in [1.807, 2.05) is 0 Å². The molecule has 0 aromatic rings. The number of rotatable bonds is 12. The highest BCUT2D eigenvalue weighted by Gasteiger charge is 2.26. The van der Waals surface area contributed by atoms with E-state index in [0.717, 1.165) is 0 Å². The van der Waals surface area contributed by atoms with Crippen LogP contribution in [0.15, 0.2) is 12.1 Å². The lowest BCUT2D eigenvalue weighted by atomic mass is 9.81. The molecule has 0 amide bonds. The van der Waals surface area contributed by atoms with Crippen LogP contribution in [0.1, 0.15) is 0 Å². The molecule has 0 spiro atoms. The average Bonchev–Trinajstić information content (AvgIpc) is 2.30. The smallest absolute Gasteiger partial charge is 0.445 e. The van der Waals surface area contributed by atoms with Gasteiger partial charge in [-0.3, -0.25) is 0 Å². The van der Waals surface area contributed by atoms with Crippen molar-refractivity contribution in [2.24, 2.45) is 0 Å². The summed E-state index contributed by atoms with van der Waals surface area (Å²) in [5.41, 5.74) is -0.835. The molecule has 0 aromatic heterocycles. The minimum atomic E-state index is -5.00. The first-order chi connectivity index (χ1) is 8.48. The third-order valence-corrected chi connectivity index (χ3v) is 1.93. The van der Waals surface area contributed by atoms with Crippen LogP contribution in [0.2, 0.25) is 0 Å². The number of hydrogen-bond donors (Lipinski definition) is 0. The fourth-order valence-electron chi connectivity index (χ4n) is 0.880. The van der Waals surface area contributed by atoms with Gasteiger partial charge in [0.15, 0.2) is 0 Å². The molecule has 0 aliphatic carbocycles. The zero-order valence-corrected chi connectivity index (χ0v) is 10.5. The van der Waals surface area contributed by atoms with Gasteiger partial charge in [0.25, 0.3) is 0 Å². The Kier molecular flexibility index (Phi) is 10.0. The Balaban J connectivity index is 3.19. The first-order valence-electron chi connectivity index (χ1n) is 5.58. The fourth-order valence-corrected chi connectivity index (χ4v) is 0.880. The minimum absolute atomic E-state index is 0.100. The van der Waals surface area contributed by atoms with E-state index in [0.29, 0.717) is 26.4 Å². The molecule has 108 valence electrons. The Hall–Kier alpha value is -0.565. The first kappa shape index (κ1) is 17.4. The van der Waals surface area contributed by atoms with Gasteiger partial charge in [0, 0.05) is 13.7 Å². The van der Waals surface area contributed by atoms with Crippen molar-refractivity contribution in [1.82, 2.24) is 0 Å². The normalized spacial score (nSPS) is 11.8. The quantitative estimate of drug-likeness (QED) is 0.399. The summed E-state index contributed by atoms with van der Waals surface area (Å²) in [5, 5.41) is 0. The van der Waals surface area contributed by atoms with Gasteiger partial charge in [-0.25, -0.2) is 0 Å². The Morgan fingerprint density at radius 3 is 1.78 bits per heavy atom. The highest BCUT2D eigenvalue weighted by atomic mass is 19.4. The molecule has 0 atom stereocenters. The number of ether oxygens (including phenoxy) is 4. The second-order valence-corrected chi connectivity index (χ2v) is 3.50. The molecule has 0 aliphatic rings. The molecule has 0 aromatic carbocycles. The molecule has 8 heteroatoms. The summed E-state index contributed by atoms with van der Waals surface area (Å²) in [6.45, 7) is -0.471. The highest BCUT2D eigenvalue weighted by Crippen LogP contribution is 2.17. The Morgan fingerprint density at radius 1 is 0.889 bits per heavy atom. The molecule has 4 nitrogen and oxygen atoms in total. The van der Waals surface area contributed by atoms with Crippen LogP contribution < -0.4 is 0 Å². The second-order valence-electron chi connectivity index (χ2n) is 3.50. The third kappa shape index (κ3) is 10.6. The maximum absolute atomic E-state index is 12.1. The molecular formula is C10H19BF3O4-. The zero-order chi connectivity index (χ0) is 13.9. The van der Waals surface area contributed by atoms with Gasteiger partial charge in [0.05, 0.1) is 39.6 Å². The molecule has 0 fully saturated rings. The lowest BCUT2D eigenvalue weighted by Crippen LogP contribution is -2.23.